The van der Waals surface area contributed by atoms with Crippen molar-refractivity contribution in [3.8, 4) is 0 Å². The third-order valence-electron chi connectivity index (χ3n) is 4.75. The molecule has 2 aromatic rings. The topological polar surface area (TPSA) is 21.3 Å². The second-order valence-corrected chi connectivity index (χ2v) is 6.30. The van der Waals surface area contributed by atoms with Gasteiger partial charge in [0, 0.05) is 12.6 Å². The summed E-state index contributed by atoms with van der Waals surface area (Å²) in [5, 5.41) is 3.51. The normalized spacial score (nSPS) is 26.5. The van der Waals surface area contributed by atoms with Crippen molar-refractivity contribution in [3.63, 3.8) is 0 Å². The molecule has 0 aliphatic carbocycles. The second-order valence-electron chi connectivity index (χ2n) is 6.30. The first-order valence-electron chi connectivity index (χ1n) is 8.00. The van der Waals surface area contributed by atoms with Gasteiger partial charge in [0.2, 0.25) is 0 Å². The van der Waals surface area contributed by atoms with Crippen molar-refractivity contribution in [2.24, 2.45) is 0 Å². The fourth-order valence-corrected chi connectivity index (χ4v) is 3.49. The summed E-state index contributed by atoms with van der Waals surface area (Å²) in [5.41, 5.74) is 3.75. The molecule has 2 bridgehead atoms. The molecule has 1 N–H and O–H groups in total. The predicted molar refractivity (Wildman–Crippen MR) is 84.3 cm³/mol. The maximum Gasteiger partial charge on any atom is 0.123 e. The average molecular weight is 297 g/mol. The Morgan fingerprint density at radius 1 is 0.955 bits per heavy atom. The SMILES string of the molecule is Fc1ccc(CCc2ccc([C@H]3O[C@@H]4CN[C@H]3C4)cc2)cc1. The Kier molecular flexibility index (Phi) is 3.68. The number of nitrogens with one attached hydrogen (secondary N) is 1. The number of rotatable bonds is 4. The Bertz CT molecular complexity index is 637. The minimum absolute atomic E-state index is 0.174. The summed E-state index contributed by atoms with van der Waals surface area (Å²) in [5.74, 6) is -0.174. The zero-order chi connectivity index (χ0) is 14.9. The van der Waals surface area contributed by atoms with E-state index in [1.54, 1.807) is 0 Å². The first-order valence-corrected chi connectivity index (χ1v) is 8.00. The van der Waals surface area contributed by atoms with Gasteiger partial charge in [-0.15, -0.1) is 0 Å². The summed E-state index contributed by atoms with van der Waals surface area (Å²) >= 11 is 0. The fraction of sp³-hybridized carbons (Fsp3) is 0.368. The molecule has 3 atom stereocenters. The van der Waals surface area contributed by atoms with Crippen LogP contribution in [0.2, 0.25) is 0 Å². The van der Waals surface area contributed by atoms with Gasteiger partial charge in [0.25, 0.3) is 0 Å². The van der Waals surface area contributed by atoms with Crippen molar-refractivity contribution >= 4 is 0 Å². The van der Waals surface area contributed by atoms with Crippen molar-refractivity contribution in [1.82, 2.24) is 5.32 Å². The molecule has 0 unspecified atom stereocenters. The predicted octanol–water partition coefficient (Wildman–Crippen LogP) is 3.41. The van der Waals surface area contributed by atoms with E-state index in [2.05, 4.69) is 29.6 Å². The van der Waals surface area contributed by atoms with Crippen LogP contribution in [0.5, 0.6) is 0 Å². The van der Waals surface area contributed by atoms with Crippen LogP contribution in [0.15, 0.2) is 48.5 Å². The lowest BCUT2D eigenvalue weighted by atomic mass is 9.99. The van der Waals surface area contributed by atoms with Crippen molar-refractivity contribution in [1.29, 1.82) is 0 Å². The largest absolute Gasteiger partial charge is 0.367 e. The highest BCUT2D eigenvalue weighted by Gasteiger charge is 2.41. The van der Waals surface area contributed by atoms with Crippen LogP contribution in [0, 0.1) is 5.82 Å². The minimum atomic E-state index is -0.174. The molecule has 2 aliphatic rings. The lowest BCUT2D eigenvalue weighted by molar-refractivity contribution is 0.0160. The summed E-state index contributed by atoms with van der Waals surface area (Å²) in [4.78, 5) is 0. The maximum atomic E-state index is 12.9. The van der Waals surface area contributed by atoms with E-state index in [0.29, 0.717) is 12.1 Å². The lowest BCUT2D eigenvalue weighted by Crippen LogP contribution is -2.33. The molecule has 0 radical (unpaired) electrons. The molecular formula is C19H20FNO. The summed E-state index contributed by atoms with van der Waals surface area (Å²) in [6.07, 6.45) is 3.66. The Hall–Kier alpha value is -1.71. The van der Waals surface area contributed by atoms with Crippen LogP contribution in [-0.4, -0.2) is 18.7 Å². The molecule has 114 valence electrons. The number of aryl methyl sites for hydroxylation is 2. The molecule has 2 aromatic carbocycles. The molecule has 0 saturated carbocycles. The first-order chi connectivity index (χ1) is 10.8. The quantitative estimate of drug-likeness (QED) is 0.934. The molecule has 2 fully saturated rings. The number of hydrogen-bond acceptors (Lipinski definition) is 2. The van der Waals surface area contributed by atoms with Crippen LogP contribution in [0.25, 0.3) is 0 Å². The zero-order valence-corrected chi connectivity index (χ0v) is 12.5. The Morgan fingerprint density at radius 2 is 1.59 bits per heavy atom. The molecule has 22 heavy (non-hydrogen) atoms. The monoisotopic (exact) mass is 297 g/mol. The van der Waals surface area contributed by atoms with Gasteiger partial charge in [-0.1, -0.05) is 36.4 Å². The van der Waals surface area contributed by atoms with E-state index >= 15 is 0 Å². The number of hydrogen-bond donors (Lipinski definition) is 1. The maximum absolute atomic E-state index is 12.9. The third-order valence-corrected chi connectivity index (χ3v) is 4.75. The third kappa shape index (κ3) is 2.79. The molecule has 0 aromatic heterocycles. The number of fused-ring (bicyclic) bond motifs is 2. The zero-order valence-electron chi connectivity index (χ0n) is 12.5. The second kappa shape index (κ2) is 5.82. The van der Waals surface area contributed by atoms with Crippen LogP contribution in [0.3, 0.4) is 0 Å². The van der Waals surface area contributed by atoms with Crippen LogP contribution >= 0.6 is 0 Å². The molecule has 2 aliphatic heterocycles. The van der Waals surface area contributed by atoms with E-state index in [4.69, 9.17) is 4.74 Å². The number of morpholine rings is 1. The van der Waals surface area contributed by atoms with Gasteiger partial charge < -0.3 is 10.1 Å². The number of benzene rings is 2. The van der Waals surface area contributed by atoms with Gasteiger partial charge in [-0.05, 0) is 48.1 Å². The van der Waals surface area contributed by atoms with E-state index in [0.717, 1.165) is 25.8 Å². The highest BCUT2D eigenvalue weighted by atomic mass is 19.1. The van der Waals surface area contributed by atoms with E-state index in [1.807, 2.05) is 12.1 Å². The fourth-order valence-electron chi connectivity index (χ4n) is 3.49. The molecule has 0 amide bonds. The number of ether oxygens (including phenoxy) is 1. The van der Waals surface area contributed by atoms with Crippen LogP contribution in [0.1, 0.15) is 29.2 Å². The van der Waals surface area contributed by atoms with E-state index in [1.165, 1.54) is 28.8 Å². The minimum Gasteiger partial charge on any atom is -0.367 e. The van der Waals surface area contributed by atoms with Crippen molar-refractivity contribution in [2.75, 3.05) is 6.54 Å². The summed E-state index contributed by atoms with van der Waals surface area (Å²) in [7, 11) is 0. The highest BCUT2D eigenvalue weighted by molar-refractivity contribution is 5.28. The van der Waals surface area contributed by atoms with E-state index in [-0.39, 0.29) is 11.9 Å². The lowest BCUT2D eigenvalue weighted by Gasteiger charge is -2.23. The molecule has 0 spiro atoms. The molecule has 2 nitrogen and oxygen atoms in total. The summed E-state index contributed by atoms with van der Waals surface area (Å²) in [6.45, 7) is 0.997. The molecule has 3 heteroatoms. The van der Waals surface area contributed by atoms with E-state index < -0.39 is 0 Å². The average Bonchev–Trinajstić information content (AvgIpc) is 3.18. The Morgan fingerprint density at radius 3 is 2.14 bits per heavy atom. The Balaban J connectivity index is 1.38. The highest BCUT2D eigenvalue weighted by Crippen LogP contribution is 2.36. The van der Waals surface area contributed by atoms with Crippen molar-refractivity contribution in [2.45, 2.75) is 37.5 Å². The van der Waals surface area contributed by atoms with Crippen molar-refractivity contribution in [3.05, 3.63) is 71.0 Å². The standard InChI is InChI=1S/C19H20FNO/c20-16-9-5-14(6-10-16)2-1-13-3-7-15(8-4-13)19-18-11-17(22-19)12-21-18/h3-10,17-19,21H,1-2,11-12H2/t17-,18-,19+/m0/s1. The number of halogens is 1. The van der Waals surface area contributed by atoms with Gasteiger partial charge in [0.05, 0.1) is 12.2 Å². The van der Waals surface area contributed by atoms with E-state index in [9.17, 15) is 4.39 Å². The van der Waals surface area contributed by atoms with Crippen LogP contribution in [-0.2, 0) is 17.6 Å². The molecular weight excluding hydrogens is 277 g/mol. The molecule has 4 rings (SSSR count). The van der Waals surface area contributed by atoms with Crippen molar-refractivity contribution < 1.29 is 9.13 Å². The smallest absolute Gasteiger partial charge is 0.123 e. The van der Waals surface area contributed by atoms with Gasteiger partial charge >= 0.3 is 0 Å². The van der Waals surface area contributed by atoms with Crippen LogP contribution in [0.4, 0.5) is 4.39 Å². The van der Waals surface area contributed by atoms with Gasteiger partial charge in [0.15, 0.2) is 0 Å². The van der Waals surface area contributed by atoms with Gasteiger partial charge in [-0.25, -0.2) is 4.39 Å². The molecule has 2 saturated heterocycles. The molecule has 2 heterocycles. The Labute approximate surface area is 130 Å². The van der Waals surface area contributed by atoms with Gasteiger partial charge in [-0.3, -0.25) is 0 Å². The van der Waals surface area contributed by atoms with Gasteiger partial charge in [-0.2, -0.15) is 0 Å². The van der Waals surface area contributed by atoms with Crippen LogP contribution < -0.4 is 5.32 Å². The first kappa shape index (κ1) is 13.9. The summed E-state index contributed by atoms with van der Waals surface area (Å²) < 4.78 is 18.9. The summed E-state index contributed by atoms with van der Waals surface area (Å²) in [6, 6.07) is 16.0. The van der Waals surface area contributed by atoms with Gasteiger partial charge in [0.1, 0.15) is 5.82 Å².